The monoisotopic (exact) mass is 291 g/mol. The molecule has 21 heavy (non-hydrogen) atoms. The molecule has 0 bridgehead atoms. The third-order valence-electron chi connectivity index (χ3n) is 4.79. The Morgan fingerprint density at radius 3 is 2.57 bits per heavy atom. The highest BCUT2D eigenvalue weighted by Crippen LogP contribution is 2.39. The summed E-state index contributed by atoms with van der Waals surface area (Å²) >= 11 is 0. The van der Waals surface area contributed by atoms with E-state index in [-0.39, 0.29) is 11.6 Å². The van der Waals surface area contributed by atoms with Gasteiger partial charge in [0.05, 0.1) is 11.9 Å². The van der Waals surface area contributed by atoms with Gasteiger partial charge in [0.2, 0.25) is 0 Å². The van der Waals surface area contributed by atoms with E-state index < -0.39 is 5.97 Å². The van der Waals surface area contributed by atoms with Crippen molar-refractivity contribution < 1.29 is 9.90 Å². The number of carboxylic acids is 1. The van der Waals surface area contributed by atoms with Crippen molar-refractivity contribution in [3.63, 3.8) is 0 Å². The molecule has 0 aromatic carbocycles. The number of hydrogen-bond acceptors (Lipinski definition) is 4. The fraction of sp³-hybridized carbons (Fsp3) is 0.688. The van der Waals surface area contributed by atoms with Crippen molar-refractivity contribution in [1.82, 2.24) is 9.97 Å². The second kappa shape index (κ2) is 6.00. The molecule has 116 valence electrons. The summed E-state index contributed by atoms with van der Waals surface area (Å²) < 4.78 is 0. The van der Waals surface area contributed by atoms with Gasteiger partial charge >= 0.3 is 5.97 Å². The lowest BCUT2D eigenvalue weighted by Gasteiger charge is -2.27. The zero-order valence-corrected chi connectivity index (χ0v) is 13.4. The Kier molecular flexibility index (Phi) is 4.49. The Labute approximate surface area is 126 Å². The van der Waals surface area contributed by atoms with Gasteiger partial charge in [0, 0.05) is 19.0 Å². The van der Waals surface area contributed by atoms with Crippen LogP contribution in [0.1, 0.15) is 69.2 Å². The van der Waals surface area contributed by atoms with Crippen LogP contribution in [-0.2, 0) is 0 Å². The minimum Gasteiger partial charge on any atom is -0.476 e. The third kappa shape index (κ3) is 3.01. The molecule has 0 amide bonds. The SMILES string of the molecule is CCC1(CC)CCN(c2cnc(C(C)C)nc2C(=O)O)C1. The summed E-state index contributed by atoms with van der Waals surface area (Å²) in [5.41, 5.74) is 1.10. The van der Waals surface area contributed by atoms with Crippen molar-refractivity contribution in [2.24, 2.45) is 5.41 Å². The first-order chi connectivity index (χ1) is 9.92. The highest BCUT2D eigenvalue weighted by molar-refractivity contribution is 5.92. The van der Waals surface area contributed by atoms with Crippen molar-refractivity contribution in [2.45, 2.75) is 52.9 Å². The number of rotatable bonds is 5. The molecule has 2 rings (SSSR count). The normalized spacial score (nSPS) is 17.5. The topological polar surface area (TPSA) is 66.3 Å². The molecule has 0 saturated carbocycles. The molecule has 0 aliphatic carbocycles. The van der Waals surface area contributed by atoms with Gasteiger partial charge in [0.25, 0.3) is 0 Å². The van der Waals surface area contributed by atoms with Gasteiger partial charge in [-0.2, -0.15) is 0 Å². The van der Waals surface area contributed by atoms with Gasteiger partial charge in [0.1, 0.15) is 5.82 Å². The van der Waals surface area contributed by atoms with Crippen LogP contribution >= 0.6 is 0 Å². The average molecular weight is 291 g/mol. The van der Waals surface area contributed by atoms with E-state index in [1.165, 1.54) is 0 Å². The van der Waals surface area contributed by atoms with E-state index >= 15 is 0 Å². The van der Waals surface area contributed by atoms with E-state index in [1.54, 1.807) is 6.20 Å². The van der Waals surface area contributed by atoms with E-state index in [2.05, 4.69) is 28.7 Å². The van der Waals surface area contributed by atoms with Crippen LogP contribution in [0.2, 0.25) is 0 Å². The Bertz CT molecular complexity index is 524. The third-order valence-corrected chi connectivity index (χ3v) is 4.79. The fourth-order valence-electron chi connectivity index (χ4n) is 3.02. The maximum Gasteiger partial charge on any atom is 0.356 e. The molecule has 2 heterocycles. The second-order valence-corrected chi connectivity index (χ2v) is 6.30. The van der Waals surface area contributed by atoms with Gasteiger partial charge in [-0.05, 0) is 24.7 Å². The minimum absolute atomic E-state index is 0.126. The lowest BCUT2D eigenvalue weighted by Crippen LogP contribution is -2.28. The van der Waals surface area contributed by atoms with Crippen LogP contribution in [-0.4, -0.2) is 34.1 Å². The molecule has 1 aromatic heterocycles. The molecule has 1 saturated heterocycles. The lowest BCUT2D eigenvalue weighted by molar-refractivity contribution is 0.0690. The van der Waals surface area contributed by atoms with E-state index in [4.69, 9.17) is 0 Å². The molecule has 0 radical (unpaired) electrons. The van der Waals surface area contributed by atoms with Crippen LogP contribution in [0, 0.1) is 5.41 Å². The summed E-state index contributed by atoms with van der Waals surface area (Å²) in [5.74, 6) is -0.256. The van der Waals surface area contributed by atoms with Crippen LogP contribution in [0.3, 0.4) is 0 Å². The Balaban J connectivity index is 2.34. The summed E-state index contributed by atoms with van der Waals surface area (Å²) in [6.45, 7) is 10.1. The number of carbonyl (C=O) groups is 1. The van der Waals surface area contributed by atoms with Crippen molar-refractivity contribution >= 4 is 11.7 Å². The molecule has 0 unspecified atom stereocenters. The number of nitrogens with zero attached hydrogens (tertiary/aromatic N) is 3. The van der Waals surface area contributed by atoms with E-state index in [1.807, 2.05) is 13.8 Å². The van der Waals surface area contributed by atoms with Crippen LogP contribution in [0.15, 0.2) is 6.20 Å². The molecular weight excluding hydrogens is 266 g/mol. The van der Waals surface area contributed by atoms with Gasteiger partial charge in [-0.1, -0.05) is 27.7 Å². The maximum atomic E-state index is 11.5. The van der Waals surface area contributed by atoms with Gasteiger partial charge < -0.3 is 10.0 Å². The average Bonchev–Trinajstić information content (AvgIpc) is 2.91. The molecule has 1 N–H and O–H groups in total. The van der Waals surface area contributed by atoms with Gasteiger partial charge in [-0.3, -0.25) is 0 Å². The molecule has 0 spiro atoms. The smallest absolute Gasteiger partial charge is 0.356 e. The number of aromatic nitrogens is 2. The van der Waals surface area contributed by atoms with Crippen LogP contribution in [0.25, 0.3) is 0 Å². The lowest BCUT2D eigenvalue weighted by atomic mass is 9.82. The molecule has 1 aliphatic heterocycles. The van der Waals surface area contributed by atoms with E-state index in [0.717, 1.165) is 32.4 Å². The molecule has 1 aromatic rings. The molecule has 1 fully saturated rings. The first kappa shape index (κ1) is 15.7. The molecular formula is C16H25N3O2. The Morgan fingerprint density at radius 1 is 1.43 bits per heavy atom. The maximum absolute atomic E-state index is 11.5. The van der Waals surface area contributed by atoms with Gasteiger partial charge in [0.15, 0.2) is 5.69 Å². The van der Waals surface area contributed by atoms with Crippen molar-refractivity contribution in [1.29, 1.82) is 0 Å². The highest BCUT2D eigenvalue weighted by Gasteiger charge is 2.36. The van der Waals surface area contributed by atoms with Crippen LogP contribution in [0.5, 0.6) is 0 Å². The van der Waals surface area contributed by atoms with Crippen LogP contribution in [0.4, 0.5) is 5.69 Å². The van der Waals surface area contributed by atoms with Crippen LogP contribution < -0.4 is 4.90 Å². The number of anilines is 1. The van der Waals surface area contributed by atoms with Gasteiger partial charge in [-0.15, -0.1) is 0 Å². The van der Waals surface area contributed by atoms with Crippen molar-refractivity contribution in [2.75, 3.05) is 18.0 Å². The number of aromatic carboxylic acids is 1. The quantitative estimate of drug-likeness (QED) is 0.901. The van der Waals surface area contributed by atoms with Crippen molar-refractivity contribution in [3.8, 4) is 0 Å². The molecule has 0 atom stereocenters. The summed E-state index contributed by atoms with van der Waals surface area (Å²) in [6, 6.07) is 0. The number of carboxylic acid groups (broad SMARTS) is 1. The standard InChI is InChI=1S/C16H25N3O2/c1-5-16(6-2)7-8-19(10-16)12-9-17-14(11(3)4)18-13(12)15(20)21/h9,11H,5-8,10H2,1-4H3,(H,20,21). The summed E-state index contributed by atoms with van der Waals surface area (Å²) in [7, 11) is 0. The van der Waals surface area contributed by atoms with E-state index in [0.29, 0.717) is 16.9 Å². The summed E-state index contributed by atoms with van der Waals surface area (Å²) in [6.07, 6.45) is 5.03. The Morgan fingerprint density at radius 2 is 2.10 bits per heavy atom. The summed E-state index contributed by atoms with van der Waals surface area (Å²) in [4.78, 5) is 22.3. The zero-order chi connectivity index (χ0) is 15.6. The second-order valence-electron chi connectivity index (χ2n) is 6.30. The number of hydrogen-bond donors (Lipinski definition) is 1. The van der Waals surface area contributed by atoms with E-state index in [9.17, 15) is 9.90 Å². The predicted molar refractivity (Wildman–Crippen MR) is 82.9 cm³/mol. The predicted octanol–water partition coefficient (Wildman–Crippen LogP) is 3.31. The highest BCUT2D eigenvalue weighted by atomic mass is 16.4. The first-order valence-electron chi connectivity index (χ1n) is 7.77. The zero-order valence-electron chi connectivity index (χ0n) is 13.4. The van der Waals surface area contributed by atoms with Crippen molar-refractivity contribution in [3.05, 3.63) is 17.7 Å². The Hall–Kier alpha value is -1.65. The largest absolute Gasteiger partial charge is 0.476 e. The van der Waals surface area contributed by atoms with Gasteiger partial charge in [-0.25, -0.2) is 14.8 Å². The molecule has 5 heteroatoms. The summed E-state index contributed by atoms with van der Waals surface area (Å²) in [5, 5.41) is 9.46. The first-order valence-corrected chi connectivity index (χ1v) is 7.77. The minimum atomic E-state index is -0.972. The molecule has 5 nitrogen and oxygen atoms in total. The fourth-order valence-corrected chi connectivity index (χ4v) is 3.02. The molecule has 1 aliphatic rings.